The van der Waals surface area contributed by atoms with Crippen LogP contribution in [0.1, 0.15) is 11.7 Å². The van der Waals surface area contributed by atoms with Gasteiger partial charge in [-0.15, -0.1) is 0 Å². The molecule has 8 heteroatoms. The first-order chi connectivity index (χ1) is 7.87. The minimum Gasteiger partial charge on any atom is -0.716 e. The van der Waals surface area contributed by atoms with Gasteiger partial charge in [0.2, 0.25) is 0 Å². The van der Waals surface area contributed by atoms with Crippen LogP contribution in [0.15, 0.2) is 18.2 Å². The molecule has 0 aliphatic carbocycles. The largest absolute Gasteiger partial charge is 0.716 e. The standard InChI is InChI=1S/C9H13NO6S/c1-15-9-4-6(7(11)5-10)2-3-8(9)16-17(12,13)14/h2-4,7,11H,5,10H2,1H3,(H,12,13,14)/p-1/t7-/m0/s1. The second-order valence-corrected chi connectivity index (χ2v) is 4.14. The Hall–Kier alpha value is -1.35. The highest BCUT2D eigenvalue weighted by Crippen LogP contribution is 2.30. The van der Waals surface area contributed by atoms with Gasteiger partial charge < -0.3 is 24.3 Å². The molecule has 0 fully saturated rings. The minimum atomic E-state index is -4.87. The average Bonchev–Trinajstić information content (AvgIpc) is 2.26. The summed E-state index contributed by atoms with van der Waals surface area (Å²) in [5, 5.41) is 9.47. The first-order valence-corrected chi connectivity index (χ1v) is 5.92. The molecule has 0 saturated heterocycles. The monoisotopic (exact) mass is 262 g/mol. The van der Waals surface area contributed by atoms with E-state index in [9.17, 15) is 18.1 Å². The highest BCUT2D eigenvalue weighted by Gasteiger charge is 2.12. The molecule has 0 aliphatic heterocycles. The molecule has 0 unspecified atom stereocenters. The van der Waals surface area contributed by atoms with Crippen molar-refractivity contribution in [1.82, 2.24) is 0 Å². The molecule has 3 N–H and O–H groups in total. The zero-order chi connectivity index (χ0) is 13.1. The highest BCUT2D eigenvalue weighted by molar-refractivity contribution is 7.81. The third-order valence-corrected chi connectivity index (χ3v) is 2.37. The van der Waals surface area contributed by atoms with Crippen molar-refractivity contribution in [2.45, 2.75) is 6.10 Å². The van der Waals surface area contributed by atoms with Crippen LogP contribution in [-0.4, -0.2) is 31.7 Å². The summed E-state index contributed by atoms with van der Waals surface area (Å²) in [6.45, 7) is 0.00319. The van der Waals surface area contributed by atoms with Crippen LogP contribution in [-0.2, 0) is 10.4 Å². The van der Waals surface area contributed by atoms with Crippen LogP contribution < -0.4 is 14.7 Å². The molecule has 0 bridgehead atoms. The van der Waals surface area contributed by atoms with Crippen molar-refractivity contribution >= 4 is 10.4 Å². The van der Waals surface area contributed by atoms with Gasteiger partial charge in [0.25, 0.3) is 10.4 Å². The van der Waals surface area contributed by atoms with E-state index in [2.05, 4.69) is 4.18 Å². The van der Waals surface area contributed by atoms with Gasteiger partial charge in [-0.25, -0.2) is 8.42 Å². The van der Waals surface area contributed by atoms with E-state index >= 15 is 0 Å². The van der Waals surface area contributed by atoms with Crippen LogP contribution in [0.4, 0.5) is 0 Å². The van der Waals surface area contributed by atoms with E-state index in [1.165, 1.54) is 25.3 Å². The highest BCUT2D eigenvalue weighted by atomic mass is 32.3. The van der Waals surface area contributed by atoms with Gasteiger partial charge in [-0.1, -0.05) is 6.07 Å². The number of aliphatic hydroxyl groups excluding tert-OH is 1. The van der Waals surface area contributed by atoms with E-state index in [-0.39, 0.29) is 18.0 Å². The molecule has 0 spiro atoms. The molecule has 96 valence electrons. The van der Waals surface area contributed by atoms with Crippen molar-refractivity contribution in [3.8, 4) is 11.5 Å². The predicted octanol–water partition coefficient (Wildman–Crippen LogP) is -0.474. The maximum absolute atomic E-state index is 10.4. The molecular weight excluding hydrogens is 250 g/mol. The van der Waals surface area contributed by atoms with Crippen molar-refractivity contribution in [2.24, 2.45) is 5.73 Å². The van der Waals surface area contributed by atoms with Gasteiger partial charge >= 0.3 is 0 Å². The summed E-state index contributed by atoms with van der Waals surface area (Å²) in [7, 11) is -3.59. The molecule has 0 aromatic heterocycles. The molecule has 1 aromatic carbocycles. The Kier molecular flexibility index (Phi) is 4.29. The number of ether oxygens (including phenoxy) is 1. The van der Waals surface area contributed by atoms with Gasteiger partial charge in [0.15, 0.2) is 11.5 Å². The Morgan fingerprint density at radius 2 is 2.12 bits per heavy atom. The summed E-state index contributed by atoms with van der Waals surface area (Å²) in [5.74, 6) is -0.218. The Labute approximate surface area is 98.7 Å². The second kappa shape index (κ2) is 5.32. The third kappa shape index (κ3) is 3.86. The van der Waals surface area contributed by atoms with E-state index in [4.69, 9.17) is 10.5 Å². The zero-order valence-electron chi connectivity index (χ0n) is 8.99. The summed E-state index contributed by atoms with van der Waals surface area (Å²) in [6.07, 6.45) is -0.901. The molecule has 1 rings (SSSR count). The molecule has 17 heavy (non-hydrogen) atoms. The lowest BCUT2D eigenvalue weighted by Crippen LogP contribution is -2.12. The van der Waals surface area contributed by atoms with Gasteiger partial charge in [0.05, 0.1) is 13.2 Å². The molecule has 0 amide bonds. The molecular formula is C9H12NO6S-. The topological polar surface area (TPSA) is 122 Å². The van der Waals surface area contributed by atoms with Crippen LogP contribution in [0.3, 0.4) is 0 Å². The summed E-state index contributed by atoms with van der Waals surface area (Å²) in [6, 6.07) is 3.95. The summed E-state index contributed by atoms with van der Waals surface area (Å²) >= 11 is 0. The normalized spacial score (nSPS) is 13.2. The van der Waals surface area contributed by atoms with Crippen molar-refractivity contribution in [2.75, 3.05) is 13.7 Å². The smallest absolute Gasteiger partial charge is 0.262 e. The fourth-order valence-electron chi connectivity index (χ4n) is 1.21. The lowest BCUT2D eigenvalue weighted by atomic mass is 10.1. The van der Waals surface area contributed by atoms with Gasteiger partial charge in [0.1, 0.15) is 0 Å². The molecule has 0 heterocycles. The SMILES string of the molecule is COc1cc([C@@H](O)CN)ccc1OS(=O)(=O)[O-]. The van der Waals surface area contributed by atoms with Crippen LogP contribution in [0.25, 0.3) is 0 Å². The number of methoxy groups -OCH3 is 1. The number of hydrogen-bond acceptors (Lipinski definition) is 7. The number of rotatable bonds is 5. The molecule has 1 aromatic rings. The lowest BCUT2D eigenvalue weighted by Gasteiger charge is -2.15. The van der Waals surface area contributed by atoms with Crippen LogP contribution >= 0.6 is 0 Å². The van der Waals surface area contributed by atoms with Gasteiger partial charge in [0, 0.05) is 6.54 Å². The summed E-state index contributed by atoms with van der Waals surface area (Å²) in [4.78, 5) is 0. The fourth-order valence-corrected chi connectivity index (χ4v) is 1.56. The fraction of sp³-hybridized carbons (Fsp3) is 0.333. The van der Waals surface area contributed by atoms with Gasteiger partial charge in [-0.3, -0.25) is 0 Å². The van der Waals surface area contributed by atoms with Gasteiger partial charge in [-0.2, -0.15) is 0 Å². The minimum absolute atomic E-state index is 0.00319. The first-order valence-electron chi connectivity index (χ1n) is 4.58. The van der Waals surface area contributed by atoms with E-state index in [0.717, 1.165) is 0 Å². The molecule has 0 radical (unpaired) electrons. The van der Waals surface area contributed by atoms with Crippen LogP contribution in [0, 0.1) is 0 Å². The van der Waals surface area contributed by atoms with Crippen molar-refractivity contribution in [1.29, 1.82) is 0 Å². The Balaban J connectivity index is 3.10. The first kappa shape index (κ1) is 13.7. The summed E-state index contributed by atoms with van der Waals surface area (Å²) in [5.41, 5.74) is 5.70. The maximum atomic E-state index is 10.4. The molecule has 0 aliphatic rings. The van der Waals surface area contributed by atoms with Crippen LogP contribution in [0.5, 0.6) is 11.5 Å². The van der Waals surface area contributed by atoms with E-state index < -0.39 is 16.5 Å². The van der Waals surface area contributed by atoms with E-state index in [1.54, 1.807) is 0 Å². The lowest BCUT2D eigenvalue weighted by molar-refractivity contribution is 0.186. The van der Waals surface area contributed by atoms with Crippen molar-refractivity contribution in [3.63, 3.8) is 0 Å². The quantitative estimate of drug-likeness (QED) is 0.543. The zero-order valence-corrected chi connectivity index (χ0v) is 9.81. The average molecular weight is 262 g/mol. The van der Waals surface area contributed by atoms with Crippen molar-refractivity contribution in [3.05, 3.63) is 23.8 Å². The third-order valence-electron chi connectivity index (χ3n) is 1.99. The second-order valence-electron chi connectivity index (χ2n) is 3.15. The number of nitrogens with two attached hydrogens (primary N) is 1. The van der Waals surface area contributed by atoms with Gasteiger partial charge in [-0.05, 0) is 17.7 Å². The predicted molar refractivity (Wildman–Crippen MR) is 57.3 cm³/mol. The Morgan fingerprint density at radius 1 is 1.47 bits per heavy atom. The van der Waals surface area contributed by atoms with E-state index in [0.29, 0.717) is 5.56 Å². The number of aliphatic hydroxyl groups is 1. The number of benzene rings is 1. The van der Waals surface area contributed by atoms with E-state index in [1.807, 2.05) is 0 Å². The Morgan fingerprint density at radius 3 is 2.59 bits per heavy atom. The van der Waals surface area contributed by atoms with Crippen molar-refractivity contribution < 1.29 is 27.0 Å². The molecule has 0 saturated carbocycles. The molecule has 7 nitrogen and oxygen atoms in total. The maximum Gasteiger partial charge on any atom is 0.262 e. The molecule has 1 atom stereocenters. The van der Waals surface area contributed by atoms with Crippen LogP contribution in [0.2, 0.25) is 0 Å². The Bertz CT molecular complexity index is 486. The summed E-state index contributed by atoms with van der Waals surface area (Å²) < 4.78 is 40.3. The number of hydrogen-bond donors (Lipinski definition) is 2.